The predicted octanol–water partition coefficient (Wildman–Crippen LogP) is 2.73. The molecular weight excluding hydrogens is 212 g/mol. The van der Waals surface area contributed by atoms with E-state index < -0.39 is 0 Å². The Morgan fingerprint density at radius 2 is 1.82 bits per heavy atom. The van der Waals surface area contributed by atoms with E-state index in [2.05, 4.69) is 12.2 Å². The lowest BCUT2D eigenvalue weighted by Gasteiger charge is -2.21. The molecule has 0 heterocycles. The van der Waals surface area contributed by atoms with Crippen molar-refractivity contribution in [1.82, 2.24) is 5.32 Å². The summed E-state index contributed by atoms with van der Waals surface area (Å²) in [4.78, 5) is 11.8. The number of carbonyl (C=O) groups excluding carboxylic acids is 1. The molecule has 1 saturated carbocycles. The van der Waals surface area contributed by atoms with Crippen LogP contribution in [0, 0.1) is 0 Å². The Labute approximate surface area is 106 Å². The summed E-state index contributed by atoms with van der Waals surface area (Å²) in [6, 6.07) is 0.435. The zero-order chi connectivity index (χ0) is 12.5. The van der Waals surface area contributed by atoms with E-state index in [9.17, 15) is 4.79 Å². The monoisotopic (exact) mass is 240 g/mol. The average molecular weight is 240 g/mol. The summed E-state index contributed by atoms with van der Waals surface area (Å²) in [6.07, 6.45) is 11.3. The summed E-state index contributed by atoms with van der Waals surface area (Å²) >= 11 is 0. The molecule has 0 spiro atoms. The minimum Gasteiger partial charge on any atom is -0.353 e. The molecule has 1 atom stereocenters. The molecule has 1 aliphatic carbocycles. The predicted molar refractivity (Wildman–Crippen MR) is 71.8 cm³/mol. The second kappa shape index (κ2) is 8.51. The van der Waals surface area contributed by atoms with Gasteiger partial charge < -0.3 is 11.1 Å². The third-order valence-corrected chi connectivity index (χ3v) is 3.58. The first-order chi connectivity index (χ1) is 8.22. The van der Waals surface area contributed by atoms with Crippen LogP contribution >= 0.6 is 0 Å². The van der Waals surface area contributed by atoms with Crippen LogP contribution < -0.4 is 11.1 Å². The third-order valence-electron chi connectivity index (χ3n) is 3.58. The Morgan fingerprint density at radius 1 is 1.24 bits per heavy atom. The summed E-state index contributed by atoms with van der Waals surface area (Å²) in [5.41, 5.74) is 5.89. The zero-order valence-corrected chi connectivity index (χ0v) is 11.2. The Hall–Kier alpha value is -0.570. The van der Waals surface area contributed by atoms with Crippen LogP contribution in [-0.2, 0) is 4.79 Å². The maximum absolute atomic E-state index is 11.8. The molecule has 1 fully saturated rings. The molecule has 0 radical (unpaired) electrons. The molecule has 17 heavy (non-hydrogen) atoms. The third kappa shape index (κ3) is 6.67. The highest BCUT2D eigenvalue weighted by atomic mass is 16.1. The van der Waals surface area contributed by atoms with Gasteiger partial charge in [-0.25, -0.2) is 0 Å². The van der Waals surface area contributed by atoms with Crippen LogP contribution in [0.15, 0.2) is 0 Å². The normalized spacial score (nSPS) is 20.4. The molecular formula is C14H28N2O. The highest BCUT2D eigenvalue weighted by Gasteiger charge is 2.15. The van der Waals surface area contributed by atoms with Gasteiger partial charge in [-0.1, -0.05) is 45.4 Å². The molecule has 1 amide bonds. The van der Waals surface area contributed by atoms with Gasteiger partial charge in [0.1, 0.15) is 0 Å². The Bertz CT molecular complexity index is 210. The number of rotatable bonds is 5. The molecule has 0 aromatic carbocycles. The van der Waals surface area contributed by atoms with Crippen LogP contribution in [0.3, 0.4) is 0 Å². The second-order valence-electron chi connectivity index (χ2n) is 5.36. The summed E-state index contributed by atoms with van der Waals surface area (Å²) in [5, 5.41) is 3.16. The number of carbonyl (C=O) groups is 1. The highest BCUT2D eigenvalue weighted by Crippen LogP contribution is 2.17. The summed E-state index contributed by atoms with van der Waals surface area (Å²) in [5.74, 6) is 0.150. The zero-order valence-electron chi connectivity index (χ0n) is 11.2. The number of nitrogens with one attached hydrogen (secondary N) is 1. The van der Waals surface area contributed by atoms with Gasteiger partial charge in [-0.15, -0.1) is 0 Å². The fourth-order valence-electron chi connectivity index (χ4n) is 2.60. The Kier molecular flexibility index (Phi) is 7.25. The van der Waals surface area contributed by atoms with Crippen LogP contribution in [0.5, 0.6) is 0 Å². The molecule has 1 aliphatic rings. The molecule has 1 unspecified atom stereocenters. The average Bonchev–Trinajstić information content (AvgIpc) is 2.22. The molecule has 0 saturated heterocycles. The van der Waals surface area contributed by atoms with E-state index in [4.69, 9.17) is 5.73 Å². The van der Waals surface area contributed by atoms with Crippen molar-refractivity contribution in [2.45, 2.75) is 83.2 Å². The Morgan fingerprint density at radius 3 is 2.41 bits per heavy atom. The number of hydrogen-bond acceptors (Lipinski definition) is 2. The Balaban J connectivity index is 2.23. The van der Waals surface area contributed by atoms with Gasteiger partial charge in [-0.05, 0) is 19.3 Å². The van der Waals surface area contributed by atoms with Gasteiger partial charge in [-0.3, -0.25) is 4.79 Å². The lowest BCUT2D eigenvalue weighted by Crippen LogP contribution is -2.38. The van der Waals surface area contributed by atoms with Crippen LogP contribution in [0.25, 0.3) is 0 Å². The van der Waals surface area contributed by atoms with Gasteiger partial charge >= 0.3 is 0 Å². The van der Waals surface area contributed by atoms with E-state index in [-0.39, 0.29) is 11.9 Å². The van der Waals surface area contributed by atoms with E-state index in [1.807, 2.05) is 0 Å². The number of nitrogens with two attached hydrogens (primary N) is 1. The van der Waals surface area contributed by atoms with Crippen LogP contribution in [-0.4, -0.2) is 18.0 Å². The maximum atomic E-state index is 11.8. The summed E-state index contributed by atoms with van der Waals surface area (Å²) in [6.45, 7) is 2.10. The molecule has 1 rings (SSSR count). The van der Waals surface area contributed by atoms with Crippen molar-refractivity contribution < 1.29 is 4.79 Å². The molecule has 0 bridgehead atoms. The van der Waals surface area contributed by atoms with Gasteiger partial charge in [0.25, 0.3) is 0 Å². The highest BCUT2D eigenvalue weighted by molar-refractivity contribution is 5.76. The van der Waals surface area contributed by atoms with Crippen molar-refractivity contribution >= 4 is 5.91 Å². The minimum atomic E-state index is 0.0357. The van der Waals surface area contributed by atoms with E-state index in [0.29, 0.717) is 12.5 Å². The summed E-state index contributed by atoms with van der Waals surface area (Å²) < 4.78 is 0. The van der Waals surface area contributed by atoms with Crippen molar-refractivity contribution in [1.29, 1.82) is 0 Å². The van der Waals surface area contributed by atoms with Crippen LogP contribution in [0.4, 0.5) is 0 Å². The van der Waals surface area contributed by atoms with Crippen molar-refractivity contribution in [3.63, 3.8) is 0 Å². The topological polar surface area (TPSA) is 55.1 Å². The van der Waals surface area contributed by atoms with Crippen LogP contribution in [0.1, 0.15) is 71.1 Å². The van der Waals surface area contributed by atoms with Gasteiger partial charge in [0.05, 0.1) is 0 Å². The lowest BCUT2D eigenvalue weighted by molar-refractivity contribution is -0.122. The molecule has 3 N–H and O–H groups in total. The number of amides is 1. The van der Waals surface area contributed by atoms with Crippen molar-refractivity contribution in [2.75, 3.05) is 0 Å². The van der Waals surface area contributed by atoms with Crippen LogP contribution in [0.2, 0.25) is 0 Å². The standard InChI is InChI=1S/C14H28N2O/c1-2-8-12(15)11-14(17)16-13-9-6-4-3-5-7-10-13/h12-13H,2-11,15H2,1H3,(H,16,17). The fraction of sp³-hybridized carbons (Fsp3) is 0.929. The quantitative estimate of drug-likeness (QED) is 0.776. The first-order valence-electron chi connectivity index (χ1n) is 7.27. The first kappa shape index (κ1) is 14.5. The largest absolute Gasteiger partial charge is 0.353 e. The van der Waals surface area contributed by atoms with Crippen molar-refractivity contribution in [2.24, 2.45) is 5.73 Å². The first-order valence-corrected chi connectivity index (χ1v) is 7.27. The second-order valence-corrected chi connectivity index (χ2v) is 5.36. The molecule has 3 nitrogen and oxygen atoms in total. The maximum Gasteiger partial charge on any atom is 0.221 e. The van der Waals surface area contributed by atoms with E-state index in [1.165, 1.54) is 32.1 Å². The number of hydrogen-bond donors (Lipinski definition) is 2. The molecule has 0 aromatic heterocycles. The fourth-order valence-corrected chi connectivity index (χ4v) is 2.60. The van der Waals surface area contributed by atoms with E-state index in [0.717, 1.165) is 25.7 Å². The van der Waals surface area contributed by atoms with Gasteiger partial charge in [0.15, 0.2) is 0 Å². The molecule has 3 heteroatoms. The van der Waals surface area contributed by atoms with Crippen molar-refractivity contribution in [3.05, 3.63) is 0 Å². The molecule has 100 valence electrons. The molecule has 0 aromatic rings. The lowest BCUT2D eigenvalue weighted by atomic mass is 9.96. The SMILES string of the molecule is CCCC(N)CC(=O)NC1CCCCCCC1. The minimum absolute atomic E-state index is 0.0357. The van der Waals surface area contributed by atoms with Gasteiger partial charge in [0, 0.05) is 18.5 Å². The van der Waals surface area contributed by atoms with E-state index >= 15 is 0 Å². The van der Waals surface area contributed by atoms with Gasteiger partial charge in [0.2, 0.25) is 5.91 Å². The molecule has 0 aliphatic heterocycles. The van der Waals surface area contributed by atoms with Gasteiger partial charge in [-0.2, -0.15) is 0 Å². The summed E-state index contributed by atoms with van der Waals surface area (Å²) in [7, 11) is 0. The van der Waals surface area contributed by atoms with E-state index in [1.54, 1.807) is 0 Å². The smallest absolute Gasteiger partial charge is 0.221 e. The van der Waals surface area contributed by atoms with Crippen molar-refractivity contribution in [3.8, 4) is 0 Å².